The van der Waals surface area contributed by atoms with Gasteiger partial charge in [-0.05, 0) is 17.4 Å². The Morgan fingerprint density at radius 3 is 2.31 bits per heavy atom. The van der Waals surface area contributed by atoms with E-state index in [-0.39, 0.29) is 5.41 Å². The van der Waals surface area contributed by atoms with Crippen LogP contribution in [0, 0.1) is 5.41 Å². The van der Waals surface area contributed by atoms with E-state index in [0.29, 0.717) is 12.8 Å². The summed E-state index contributed by atoms with van der Waals surface area (Å²) in [6, 6.07) is 0. The fraction of sp³-hybridized carbons (Fsp3) is 0.889. The average molecular weight is 183 g/mol. The molecule has 0 spiro atoms. The van der Waals surface area contributed by atoms with Gasteiger partial charge >= 0.3 is 0 Å². The van der Waals surface area contributed by atoms with Crippen LogP contribution in [0.15, 0.2) is 5.11 Å². The van der Waals surface area contributed by atoms with Crippen molar-refractivity contribution in [1.82, 2.24) is 0 Å². The minimum Gasteiger partial charge on any atom is -0.303 e. The first-order chi connectivity index (χ1) is 5.83. The highest BCUT2D eigenvalue weighted by Crippen LogP contribution is 2.32. The fourth-order valence-electron chi connectivity index (χ4n) is 1.63. The van der Waals surface area contributed by atoms with Gasteiger partial charge in [-0.1, -0.05) is 32.8 Å². The van der Waals surface area contributed by atoms with Crippen LogP contribution in [0.4, 0.5) is 0 Å². The fourth-order valence-corrected chi connectivity index (χ4v) is 1.63. The normalized spacial score (nSPS) is 12.0. The highest BCUT2D eigenvalue weighted by atomic mass is 16.1. The van der Waals surface area contributed by atoms with Crippen molar-refractivity contribution in [3.63, 3.8) is 0 Å². The molecule has 0 saturated heterocycles. The van der Waals surface area contributed by atoms with Crippen LogP contribution in [0.25, 0.3) is 10.4 Å². The Hall–Kier alpha value is -1.02. The third-order valence-corrected chi connectivity index (χ3v) is 1.86. The summed E-state index contributed by atoms with van der Waals surface area (Å²) in [7, 11) is 0. The molecule has 0 aliphatic carbocycles. The van der Waals surface area contributed by atoms with Gasteiger partial charge in [0.2, 0.25) is 0 Å². The molecule has 0 atom stereocenters. The molecule has 0 radical (unpaired) electrons. The van der Waals surface area contributed by atoms with Gasteiger partial charge < -0.3 is 4.79 Å². The molecule has 0 aliphatic rings. The minimum absolute atomic E-state index is 0.0978. The predicted octanol–water partition coefficient (Wildman–Crippen LogP) is 3.08. The van der Waals surface area contributed by atoms with Gasteiger partial charge in [0.15, 0.2) is 0 Å². The second-order valence-electron chi connectivity index (χ2n) is 4.71. The highest BCUT2D eigenvalue weighted by Gasteiger charge is 2.27. The Morgan fingerprint density at radius 1 is 1.38 bits per heavy atom. The summed E-state index contributed by atoms with van der Waals surface area (Å²) >= 11 is 0. The number of azide groups is 1. The maximum absolute atomic E-state index is 10.4. The average Bonchev–Trinajstić information content (AvgIpc) is 1.82. The molecule has 0 amide bonds. The maximum Gasteiger partial charge on any atom is 0.120 e. The topological polar surface area (TPSA) is 65.8 Å². The second kappa shape index (κ2) is 4.28. The molecule has 0 unspecified atom stereocenters. The Balaban J connectivity index is 4.40. The standard InChI is InChI=1S/C9H17N3O/c1-8(2,5-6-13)7-9(3,4)11-12-10/h6H,5,7H2,1-4H3. The summed E-state index contributed by atoms with van der Waals surface area (Å²) in [6.45, 7) is 7.74. The van der Waals surface area contributed by atoms with E-state index >= 15 is 0 Å². The first kappa shape index (κ1) is 12.0. The number of hydrogen-bond donors (Lipinski definition) is 0. The maximum atomic E-state index is 10.4. The smallest absolute Gasteiger partial charge is 0.120 e. The Bertz CT molecular complexity index is 227. The molecule has 0 aromatic carbocycles. The van der Waals surface area contributed by atoms with Crippen molar-refractivity contribution in [2.45, 2.75) is 46.1 Å². The van der Waals surface area contributed by atoms with E-state index in [9.17, 15) is 4.79 Å². The van der Waals surface area contributed by atoms with Gasteiger partial charge in [-0.15, -0.1) is 0 Å². The molecule has 0 heterocycles. The van der Waals surface area contributed by atoms with E-state index in [1.807, 2.05) is 27.7 Å². The van der Waals surface area contributed by atoms with Crippen molar-refractivity contribution in [3.05, 3.63) is 10.4 Å². The van der Waals surface area contributed by atoms with Gasteiger partial charge in [0, 0.05) is 16.9 Å². The molecule has 74 valence electrons. The quantitative estimate of drug-likeness (QED) is 0.279. The number of nitrogens with zero attached hydrogens (tertiary/aromatic N) is 3. The van der Waals surface area contributed by atoms with E-state index in [2.05, 4.69) is 10.0 Å². The lowest BCUT2D eigenvalue weighted by molar-refractivity contribution is -0.109. The Kier molecular flexibility index (Phi) is 3.95. The van der Waals surface area contributed by atoms with Crippen LogP contribution in [0.2, 0.25) is 0 Å². The van der Waals surface area contributed by atoms with Crippen molar-refractivity contribution in [1.29, 1.82) is 0 Å². The molecule has 4 heteroatoms. The molecular weight excluding hydrogens is 166 g/mol. The van der Waals surface area contributed by atoms with Gasteiger partial charge in [0.05, 0.1) is 0 Å². The first-order valence-electron chi connectivity index (χ1n) is 4.33. The summed E-state index contributed by atoms with van der Waals surface area (Å²) < 4.78 is 0. The minimum atomic E-state index is -0.415. The third kappa shape index (κ3) is 5.26. The largest absolute Gasteiger partial charge is 0.303 e. The number of rotatable bonds is 5. The predicted molar refractivity (Wildman–Crippen MR) is 52.3 cm³/mol. The van der Waals surface area contributed by atoms with E-state index in [4.69, 9.17) is 5.53 Å². The summed E-state index contributed by atoms with van der Waals surface area (Å²) in [6.07, 6.45) is 2.12. The van der Waals surface area contributed by atoms with E-state index in [1.165, 1.54) is 0 Å². The summed E-state index contributed by atoms with van der Waals surface area (Å²) in [5.74, 6) is 0. The van der Waals surface area contributed by atoms with Crippen LogP contribution in [-0.2, 0) is 4.79 Å². The van der Waals surface area contributed by atoms with Crippen LogP contribution < -0.4 is 0 Å². The summed E-state index contributed by atoms with van der Waals surface area (Å²) in [4.78, 5) is 13.1. The van der Waals surface area contributed by atoms with Crippen molar-refractivity contribution >= 4 is 6.29 Å². The molecule has 0 bridgehead atoms. The van der Waals surface area contributed by atoms with E-state index in [1.54, 1.807) is 0 Å². The Morgan fingerprint density at radius 2 is 1.92 bits per heavy atom. The van der Waals surface area contributed by atoms with E-state index < -0.39 is 5.54 Å². The number of hydrogen-bond acceptors (Lipinski definition) is 2. The molecule has 0 aromatic rings. The Labute approximate surface area is 79.0 Å². The van der Waals surface area contributed by atoms with Gasteiger partial charge in [0.25, 0.3) is 0 Å². The molecule has 0 rings (SSSR count). The zero-order valence-corrected chi connectivity index (χ0v) is 8.74. The zero-order chi connectivity index (χ0) is 10.5. The molecule has 13 heavy (non-hydrogen) atoms. The molecule has 0 fully saturated rings. The van der Waals surface area contributed by atoms with Crippen molar-refractivity contribution in [2.24, 2.45) is 10.5 Å². The highest BCUT2D eigenvalue weighted by molar-refractivity contribution is 5.50. The molecule has 0 N–H and O–H groups in total. The lowest BCUT2D eigenvalue weighted by Crippen LogP contribution is -2.26. The lowest BCUT2D eigenvalue weighted by atomic mass is 9.78. The second-order valence-corrected chi connectivity index (χ2v) is 4.71. The number of carbonyl (C=O) groups is 1. The monoisotopic (exact) mass is 183 g/mol. The van der Waals surface area contributed by atoms with Crippen LogP contribution in [-0.4, -0.2) is 11.8 Å². The van der Waals surface area contributed by atoms with Gasteiger partial charge in [-0.3, -0.25) is 0 Å². The van der Waals surface area contributed by atoms with Crippen molar-refractivity contribution < 1.29 is 4.79 Å². The number of aldehydes is 1. The van der Waals surface area contributed by atoms with Crippen LogP contribution in [0.1, 0.15) is 40.5 Å². The van der Waals surface area contributed by atoms with Crippen LogP contribution in [0.5, 0.6) is 0 Å². The lowest BCUT2D eigenvalue weighted by Gasteiger charge is -2.30. The van der Waals surface area contributed by atoms with Gasteiger partial charge in [-0.2, -0.15) is 0 Å². The van der Waals surface area contributed by atoms with Gasteiger partial charge in [-0.25, -0.2) is 0 Å². The van der Waals surface area contributed by atoms with Crippen molar-refractivity contribution in [2.75, 3.05) is 0 Å². The molecule has 0 aliphatic heterocycles. The number of carbonyl (C=O) groups excluding carboxylic acids is 1. The molecular formula is C9H17N3O. The van der Waals surface area contributed by atoms with Gasteiger partial charge in [0.1, 0.15) is 6.29 Å². The third-order valence-electron chi connectivity index (χ3n) is 1.86. The van der Waals surface area contributed by atoms with E-state index in [0.717, 1.165) is 6.29 Å². The molecule has 0 saturated carbocycles. The molecule has 4 nitrogen and oxygen atoms in total. The first-order valence-corrected chi connectivity index (χ1v) is 4.33. The zero-order valence-electron chi connectivity index (χ0n) is 8.74. The van der Waals surface area contributed by atoms with Crippen molar-refractivity contribution in [3.8, 4) is 0 Å². The van der Waals surface area contributed by atoms with Crippen LogP contribution >= 0.6 is 0 Å². The summed E-state index contributed by atoms with van der Waals surface area (Å²) in [5, 5.41) is 3.69. The summed E-state index contributed by atoms with van der Waals surface area (Å²) in [5.41, 5.74) is 7.80. The molecule has 0 aromatic heterocycles. The SMILES string of the molecule is CC(C)(CC=O)CC(C)(C)N=[N+]=[N-]. The van der Waals surface area contributed by atoms with Crippen LogP contribution in [0.3, 0.4) is 0 Å².